The van der Waals surface area contributed by atoms with Gasteiger partial charge < -0.3 is 19.3 Å². The average molecular weight is 421 g/mol. The molecule has 150 valence electrons. The number of benzene rings is 2. The maximum Gasteiger partial charge on any atom is 0.326 e. The molecular formula is C22H17ClN4O3. The first-order valence-corrected chi connectivity index (χ1v) is 9.64. The number of halogens is 1. The van der Waals surface area contributed by atoms with Crippen LogP contribution in [0.25, 0.3) is 33.1 Å². The van der Waals surface area contributed by atoms with Crippen LogP contribution in [0.5, 0.6) is 11.5 Å². The molecule has 0 bridgehead atoms. The number of hydrogen-bond acceptors (Lipinski definition) is 3. The summed E-state index contributed by atoms with van der Waals surface area (Å²) >= 11 is 6.00. The summed E-state index contributed by atoms with van der Waals surface area (Å²) in [5.41, 5.74) is 3.00. The summed E-state index contributed by atoms with van der Waals surface area (Å²) < 4.78 is 9.31. The first-order chi connectivity index (χ1) is 14.4. The molecule has 5 aromatic rings. The topological polar surface area (TPSA) is 84.8 Å². The molecule has 0 aliphatic heterocycles. The summed E-state index contributed by atoms with van der Waals surface area (Å²) in [7, 11) is 3.40. The van der Waals surface area contributed by atoms with Crippen LogP contribution < -0.4 is 16.0 Å². The van der Waals surface area contributed by atoms with Crippen molar-refractivity contribution < 1.29 is 4.74 Å². The number of fused-ring (bicyclic) bond motifs is 2. The summed E-state index contributed by atoms with van der Waals surface area (Å²) in [6.07, 6.45) is 3.51. The summed E-state index contributed by atoms with van der Waals surface area (Å²) in [4.78, 5) is 30.7. The fourth-order valence-electron chi connectivity index (χ4n) is 3.69. The quantitative estimate of drug-likeness (QED) is 0.459. The minimum Gasteiger partial charge on any atom is -0.454 e. The Morgan fingerprint density at radius 3 is 2.47 bits per heavy atom. The zero-order valence-corrected chi connectivity index (χ0v) is 16.9. The lowest BCUT2D eigenvalue weighted by atomic mass is 10.0. The predicted octanol–water partition coefficient (Wildman–Crippen LogP) is 4.16. The molecule has 0 atom stereocenters. The van der Waals surface area contributed by atoms with E-state index < -0.39 is 0 Å². The zero-order chi connectivity index (χ0) is 21.0. The third-order valence-corrected chi connectivity index (χ3v) is 5.50. The molecule has 5 rings (SSSR count). The van der Waals surface area contributed by atoms with E-state index in [4.69, 9.17) is 16.3 Å². The van der Waals surface area contributed by atoms with Crippen LogP contribution in [0.3, 0.4) is 0 Å². The number of imidazole rings is 1. The standard InChI is InChI=1S/C22H17ClN4O3/c1-26-11-16(14-9-10-24-18(14)21(26)28)15-7-8-17-19(25-22(29)27(17)2)20(15)30-13-5-3-12(23)4-6-13/h3-11,24H,1-2H3,(H,25,29). The number of aromatic amines is 2. The molecule has 2 aromatic carbocycles. The van der Waals surface area contributed by atoms with E-state index in [0.29, 0.717) is 33.1 Å². The molecule has 0 amide bonds. The van der Waals surface area contributed by atoms with E-state index in [1.807, 2.05) is 18.2 Å². The van der Waals surface area contributed by atoms with Gasteiger partial charge in [0.05, 0.1) is 5.52 Å². The lowest BCUT2D eigenvalue weighted by Gasteiger charge is -2.14. The van der Waals surface area contributed by atoms with Crippen molar-refractivity contribution in [1.29, 1.82) is 0 Å². The molecule has 0 fully saturated rings. The number of ether oxygens (including phenoxy) is 1. The summed E-state index contributed by atoms with van der Waals surface area (Å²) in [5, 5.41) is 1.37. The fraction of sp³-hybridized carbons (Fsp3) is 0.0909. The Balaban J connectivity index is 1.84. The number of nitrogens with one attached hydrogen (secondary N) is 2. The highest BCUT2D eigenvalue weighted by atomic mass is 35.5. The van der Waals surface area contributed by atoms with Gasteiger partial charge in [-0.1, -0.05) is 11.6 Å². The van der Waals surface area contributed by atoms with Crippen LogP contribution in [-0.2, 0) is 14.1 Å². The molecule has 2 N–H and O–H groups in total. The van der Waals surface area contributed by atoms with E-state index in [1.54, 1.807) is 50.8 Å². The van der Waals surface area contributed by atoms with Crippen LogP contribution in [0.15, 0.2) is 64.4 Å². The van der Waals surface area contributed by atoms with Crippen molar-refractivity contribution in [2.75, 3.05) is 0 Å². The number of nitrogens with zero attached hydrogens (tertiary/aromatic N) is 2. The van der Waals surface area contributed by atoms with Crippen LogP contribution in [-0.4, -0.2) is 19.1 Å². The second-order valence-corrected chi connectivity index (χ2v) is 7.54. The number of aromatic nitrogens is 4. The van der Waals surface area contributed by atoms with E-state index in [2.05, 4.69) is 9.97 Å². The Labute approximate surface area is 175 Å². The first-order valence-electron chi connectivity index (χ1n) is 9.26. The van der Waals surface area contributed by atoms with E-state index in [0.717, 1.165) is 16.5 Å². The Bertz CT molecular complexity index is 1540. The van der Waals surface area contributed by atoms with Crippen molar-refractivity contribution in [1.82, 2.24) is 19.1 Å². The highest BCUT2D eigenvalue weighted by molar-refractivity contribution is 6.30. The molecule has 0 saturated carbocycles. The maximum absolute atomic E-state index is 12.5. The van der Waals surface area contributed by atoms with Gasteiger partial charge in [-0.2, -0.15) is 0 Å². The van der Waals surface area contributed by atoms with Crippen LogP contribution >= 0.6 is 11.6 Å². The molecule has 0 spiro atoms. The molecule has 0 radical (unpaired) electrons. The Kier molecular flexibility index (Phi) is 4.08. The van der Waals surface area contributed by atoms with Gasteiger partial charge in [0, 0.05) is 48.0 Å². The highest BCUT2D eigenvalue weighted by Gasteiger charge is 2.19. The predicted molar refractivity (Wildman–Crippen MR) is 118 cm³/mol. The molecule has 7 nitrogen and oxygen atoms in total. The molecule has 30 heavy (non-hydrogen) atoms. The SMILES string of the molecule is Cn1cc(-c2ccc3c([nH]c(=O)n3C)c2Oc2ccc(Cl)cc2)c2cc[nH]c2c1=O. The van der Waals surface area contributed by atoms with Crippen molar-refractivity contribution in [3.05, 3.63) is 80.7 Å². The molecule has 0 aliphatic carbocycles. The Morgan fingerprint density at radius 2 is 1.70 bits per heavy atom. The van der Waals surface area contributed by atoms with Gasteiger partial charge in [0.2, 0.25) is 0 Å². The van der Waals surface area contributed by atoms with Gasteiger partial charge in [-0.15, -0.1) is 0 Å². The van der Waals surface area contributed by atoms with Gasteiger partial charge in [-0.3, -0.25) is 9.36 Å². The van der Waals surface area contributed by atoms with Crippen LogP contribution in [0.4, 0.5) is 0 Å². The zero-order valence-electron chi connectivity index (χ0n) is 16.2. The first kappa shape index (κ1) is 18.3. The summed E-state index contributed by atoms with van der Waals surface area (Å²) in [5.74, 6) is 1.07. The maximum atomic E-state index is 12.5. The molecule has 0 saturated heterocycles. The van der Waals surface area contributed by atoms with Gasteiger partial charge >= 0.3 is 5.69 Å². The molecule has 8 heteroatoms. The van der Waals surface area contributed by atoms with Gasteiger partial charge in [-0.25, -0.2) is 4.79 Å². The van der Waals surface area contributed by atoms with Crippen molar-refractivity contribution in [2.24, 2.45) is 14.1 Å². The largest absolute Gasteiger partial charge is 0.454 e. The van der Waals surface area contributed by atoms with Crippen molar-refractivity contribution in [2.45, 2.75) is 0 Å². The van der Waals surface area contributed by atoms with E-state index in [-0.39, 0.29) is 11.2 Å². The highest BCUT2D eigenvalue weighted by Crippen LogP contribution is 2.40. The van der Waals surface area contributed by atoms with Crippen LogP contribution in [0.2, 0.25) is 5.02 Å². The summed E-state index contributed by atoms with van der Waals surface area (Å²) in [6, 6.07) is 12.6. The molecular weight excluding hydrogens is 404 g/mol. The molecule has 3 aromatic heterocycles. The Hall–Kier alpha value is -3.71. The fourth-order valence-corrected chi connectivity index (χ4v) is 3.82. The molecule has 0 unspecified atom stereocenters. The monoisotopic (exact) mass is 420 g/mol. The number of pyridine rings is 1. The number of rotatable bonds is 3. The lowest BCUT2D eigenvalue weighted by Crippen LogP contribution is -2.16. The summed E-state index contributed by atoms with van der Waals surface area (Å²) in [6.45, 7) is 0. The molecule has 0 aliphatic rings. The average Bonchev–Trinajstić information content (AvgIpc) is 3.33. The minimum absolute atomic E-state index is 0.117. The van der Waals surface area contributed by atoms with Gasteiger partial charge in [0.1, 0.15) is 16.8 Å². The second kappa shape index (κ2) is 6.67. The van der Waals surface area contributed by atoms with Crippen molar-refractivity contribution in [3.63, 3.8) is 0 Å². The normalized spacial score (nSPS) is 11.4. The third-order valence-electron chi connectivity index (χ3n) is 5.25. The van der Waals surface area contributed by atoms with Gasteiger partial charge in [0.25, 0.3) is 5.56 Å². The number of hydrogen-bond donors (Lipinski definition) is 2. The smallest absolute Gasteiger partial charge is 0.326 e. The molecule has 3 heterocycles. The Morgan fingerprint density at radius 1 is 0.933 bits per heavy atom. The second-order valence-electron chi connectivity index (χ2n) is 7.11. The van der Waals surface area contributed by atoms with E-state index >= 15 is 0 Å². The van der Waals surface area contributed by atoms with Crippen LogP contribution in [0.1, 0.15) is 0 Å². The van der Waals surface area contributed by atoms with Crippen molar-refractivity contribution >= 4 is 33.5 Å². The van der Waals surface area contributed by atoms with Crippen molar-refractivity contribution in [3.8, 4) is 22.6 Å². The number of aryl methyl sites for hydroxylation is 2. The lowest BCUT2D eigenvalue weighted by molar-refractivity contribution is 0.489. The third kappa shape index (κ3) is 2.74. The van der Waals surface area contributed by atoms with Gasteiger partial charge in [0.15, 0.2) is 5.75 Å². The minimum atomic E-state index is -0.240. The number of H-pyrrole nitrogens is 2. The van der Waals surface area contributed by atoms with Crippen LogP contribution in [0, 0.1) is 0 Å². The van der Waals surface area contributed by atoms with E-state index in [1.165, 1.54) is 9.13 Å². The van der Waals surface area contributed by atoms with E-state index in [9.17, 15) is 9.59 Å². The van der Waals surface area contributed by atoms with Gasteiger partial charge in [-0.05, 0) is 42.5 Å².